The zero-order valence-electron chi connectivity index (χ0n) is 11.7. The lowest BCUT2D eigenvalue weighted by molar-refractivity contribution is 0.517. The van der Waals surface area contributed by atoms with Gasteiger partial charge in [-0.15, -0.1) is 0 Å². The van der Waals surface area contributed by atoms with Gasteiger partial charge in [-0.05, 0) is 31.9 Å². The van der Waals surface area contributed by atoms with Crippen LogP contribution in [0.25, 0.3) is 0 Å². The van der Waals surface area contributed by atoms with Crippen molar-refractivity contribution in [1.29, 1.82) is 0 Å². The molecule has 1 fully saturated rings. The largest absolute Gasteiger partial charge is 0.467 e. The van der Waals surface area contributed by atoms with Crippen molar-refractivity contribution in [3.05, 3.63) is 35.9 Å². The minimum Gasteiger partial charge on any atom is -0.467 e. The zero-order chi connectivity index (χ0) is 13.8. The van der Waals surface area contributed by atoms with Gasteiger partial charge in [-0.1, -0.05) is 12.8 Å². The molecule has 2 heterocycles. The Morgan fingerprint density at radius 2 is 2.15 bits per heavy atom. The van der Waals surface area contributed by atoms with Crippen LogP contribution in [-0.4, -0.2) is 16.0 Å². The number of aromatic nitrogens is 2. The maximum absolute atomic E-state index is 5.29. The molecule has 0 bridgehead atoms. The second-order valence-electron chi connectivity index (χ2n) is 5.28. The summed E-state index contributed by atoms with van der Waals surface area (Å²) in [7, 11) is 0. The van der Waals surface area contributed by atoms with Crippen molar-refractivity contribution in [3.8, 4) is 0 Å². The third-order valence-corrected chi connectivity index (χ3v) is 3.56. The third kappa shape index (κ3) is 3.29. The van der Waals surface area contributed by atoms with Crippen LogP contribution >= 0.6 is 0 Å². The van der Waals surface area contributed by atoms with Gasteiger partial charge in [0.05, 0.1) is 12.8 Å². The number of anilines is 2. The lowest BCUT2D eigenvalue weighted by Gasteiger charge is -2.14. The molecule has 0 unspecified atom stereocenters. The van der Waals surface area contributed by atoms with Crippen LogP contribution in [0.1, 0.15) is 37.1 Å². The quantitative estimate of drug-likeness (QED) is 0.874. The molecule has 0 aromatic carbocycles. The van der Waals surface area contributed by atoms with Crippen molar-refractivity contribution < 1.29 is 4.42 Å². The minimum atomic E-state index is 0.558. The van der Waals surface area contributed by atoms with Crippen LogP contribution in [0.3, 0.4) is 0 Å². The van der Waals surface area contributed by atoms with E-state index in [-0.39, 0.29) is 0 Å². The van der Waals surface area contributed by atoms with Gasteiger partial charge in [0.2, 0.25) is 5.95 Å². The highest BCUT2D eigenvalue weighted by atomic mass is 16.3. The maximum Gasteiger partial charge on any atom is 0.225 e. The summed E-state index contributed by atoms with van der Waals surface area (Å²) in [6.45, 7) is 2.58. The van der Waals surface area contributed by atoms with Crippen LogP contribution < -0.4 is 10.6 Å². The maximum atomic E-state index is 5.29. The molecule has 0 amide bonds. The fraction of sp³-hybridized carbons (Fsp3) is 0.467. The molecular formula is C15H20N4O. The first-order valence-corrected chi connectivity index (χ1v) is 7.18. The summed E-state index contributed by atoms with van der Waals surface area (Å²) in [4.78, 5) is 8.93. The zero-order valence-corrected chi connectivity index (χ0v) is 11.7. The van der Waals surface area contributed by atoms with E-state index in [0.29, 0.717) is 18.5 Å². The first-order valence-electron chi connectivity index (χ1n) is 7.18. The smallest absolute Gasteiger partial charge is 0.225 e. The van der Waals surface area contributed by atoms with Gasteiger partial charge in [0, 0.05) is 17.8 Å². The van der Waals surface area contributed by atoms with Crippen molar-refractivity contribution in [1.82, 2.24) is 9.97 Å². The average Bonchev–Trinajstić information content (AvgIpc) is 3.08. The molecule has 1 aliphatic rings. The SMILES string of the molecule is Cc1cc(NC2CCCC2)nc(NCc2ccco2)n1. The Morgan fingerprint density at radius 3 is 2.90 bits per heavy atom. The number of furan rings is 1. The van der Waals surface area contributed by atoms with E-state index >= 15 is 0 Å². The third-order valence-electron chi connectivity index (χ3n) is 3.56. The van der Waals surface area contributed by atoms with Crippen molar-refractivity contribution in [3.63, 3.8) is 0 Å². The van der Waals surface area contributed by atoms with Gasteiger partial charge in [-0.25, -0.2) is 4.98 Å². The highest BCUT2D eigenvalue weighted by molar-refractivity contribution is 5.43. The number of hydrogen-bond acceptors (Lipinski definition) is 5. The molecule has 0 saturated heterocycles. The number of aryl methyl sites for hydroxylation is 1. The van der Waals surface area contributed by atoms with Gasteiger partial charge >= 0.3 is 0 Å². The van der Waals surface area contributed by atoms with E-state index in [2.05, 4.69) is 20.6 Å². The Kier molecular flexibility index (Phi) is 3.85. The monoisotopic (exact) mass is 272 g/mol. The predicted octanol–water partition coefficient (Wildman–Crippen LogP) is 3.34. The standard InChI is InChI=1S/C15H20N4O/c1-11-9-14(18-12-5-2-3-6-12)19-15(17-11)16-10-13-7-4-8-20-13/h4,7-9,12H,2-3,5-6,10H2,1H3,(H2,16,17,18,19). The molecule has 106 valence electrons. The fourth-order valence-electron chi connectivity index (χ4n) is 2.58. The van der Waals surface area contributed by atoms with E-state index in [0.717, 1.165) is 17.3 Å². The molecule has 2 aromatic rings. The van der Waals surface area contributed by atoms with E-state index in [1.165, 1.54) is 25.7 Å². The van der Waals surface area contributed by atoms with Gasteiger partial charge in [0.25, 0.3) is 0 Å². The molecule has 20 heavy (non-hydrogen) atoms. The Balaban J connectivity index is 1.65. The molecule has 0 aliphatic heterocycles. The number of nitrogens with zero attached hydrogens (tertiary/aromatic N) is 2. The van der Waals surface area contributed by atoms with E-state index in [1.54, 1.807) is 6.26 Å². The first kappa shape index (κ1) is 13.0. The molecule has 1 saturated carbocycles. The molecule has 0 spiro atoms. The highest BCUT2D eigenvalue weighted by Crippen LogP contribution is 2.22. The molecule has 2 aromatic heterocycles. The van der Waals surface area contributed by atoms with Crippen LogP contribution in [0, 0.1) is 6.92 Å². The summed E-state index contributed by atoms with van der Waals surface area (Å²) in [5.74, 6) is 2.42. The van der Waals surface area contributed by atoms with E-state index in [4.69, 9.17) is 4.42 Å². The van der Waals surface area contributed by atoms with Crippen LogP contribution in [-0.2, 0) is 6.54 Å². The van der Waals surface area contributed by atoms with Gasteiger partial charge < -0.3 is 15.1 Å². The first-order chi connectivity index (χ1) is 9.79. The fourth-order valence-corrected chi connectivity index (χ4v) is 2.58. The normalized spacial score (nSPS) is 15.4. The van der Waals surface area contributed by atoms with Crippen molar-refractivity contribution >= 4 is 11.8 Å². The highest BCUT2D eigenvalue weighted by Gasteiger charge is 2.15. The lowest BCUT2D eigenvalue weighted by atomic mass is 10.2. The molecule has 2 N–H and O–H groups in total. The summed E-state index contributed by atoms with van der Waals surface area (Å²) < 4.78 is 5.29. The van der Waals surface area contributed by atoms with Crippen LogP contribution in [0.15, 0.2) is 28.9 Å². The van der Waals surface area contributed by atoms with Crippen LogP contribution in [0.2, 0.25) is 0 Å². The van der Waals surface area contributed by atoms with E-state index < -0.39 is 0 Å². The Bertz CT molecular complexity index is 547. The van der Waals surface area contributed by atoms with Crippen LogP contribution in [0.4, 0.5) is 11.8 Å². The molecule has 5 heteroatoms. The number of rotatable bonds is 5. The molecule has 3 rings (SSSR count). The molecule has 5 nitrogen and oxygen atoms in total. The molecule has 0 atom stereocenters. The van der Waals surface area contributed by atoms with Gasteiger partial charge in [0.15, 0.2) is 0 Å². The summed E-state index contributed by atoms with van der Waals surface area (Å²) in [5.41, 5.74) is 0.961. The second kappa shape index (κ2) is 5.94. The lowest BCUT2D eigenvalue weighted by Crippen LogP contribution is -2.16. The molecule has 1 aliphatic carbocycles. The Hall–Kier alpha value is -2.04. The van der Waals surface area contributed by atoms with Gasteiger partial charge in [0.1, 0.15) is 11.6 Å². The predicted molar refractivity (Wildman–Crippen MR) is 78.7 cm³/mol. The number of hydrogen-bond donors (Lipinski definition) is 2. The molecule has 0 radical (unpaired) electrons. The van der Waals surface area contributed by atoms with E-state index in [9.17, 15) is 0 Å². The summed E-state index contributed by atoms with van der Waals surface area (Å²) in [5, 5.41) is 6.70. The number of nitrogens with one attached hydrogen (secondary N) is 2. The van der Waals surface area contributed by atoms with Crippen molar-refractivity contribution in [2.45, 2.75) is 45.2 Å². The van der Waals surface area contributed by atoms with Gasteiger partial charge in [-0.3, -0.25) is 0 Å². The van der Waals surface area contributed by atoms with E-state index in [1.807, 2.05) is 25.1 Å². The van der Waals surface area contributed by atoms with Crippen molar-refractivity contribution in [2.75, 3.05) is 10.6 Å². The summed E-state index contributed by atoms with van der Waals surface area (Å²) >= 11 is 0. The second-order valence-corrected chi connectivity index (χ2v) is 5.28. The molecular weight excluding hydrogens is 252 g/mol. The Labute approximate surface area is 118 Å². The minimum absolute atomic E-state index is 0.558. The average molecular weight is 272 g/mol. The van der Waals surface area contributed by atoms with Crippen LogP contribution in [0.5, 0.6) is 0 Å². The Morgan fingerprint density at radius 1 is 1.30 bits per heavy atom. The topological polar surface area (TPSA) is 63.0 Å². The summed E-state index contributed by atoms with van der Waals surface area (Å²) in [6.07, 6.45) is 6.76. The van der Waals surface area contributed by atoms with Gasteiger partial charge in [-0.2, -0.15) is 4.98 Å². The summed E-state index contributed by atoms with van der Waals surface area (Å²) in [6, 6.07) is 6.36. The van der Waals surface area contributed by atoms with Crippen molar-refractivity contribution in [2.24, 2.45) is 0 Å².